The summed E-state index contributed by atoms with van der Waals surface area (Å²) < 4.78 is 40.8. The third-order valence-electron chi connectivity index (χ3n) is 3.99. The van der Waals surface area contributed by atoms with Crippen LogP contribution >= 0.6 is 0 Å². The molecular weight excluding hydrogens is 303 g/mol. The smallest absolute Gasteiger partial charge is 0.345 e. The Labute approximate surface area is 131 Å². The second kappa shape index (κ2) is 5.55. The number of anilines is 1. The number of nitrogens with zero attached hydrogens (tertiary/aromatic N) is 3. The fraction of sp³-hybridized carbons (Fsp3) is 0.353. The van der Waals surface area contributed by atoms with Gasteiger partial charge >= 0.3 is 6.18 Å². The Kier molecular flexibility index (Phi) is 3.69. The number of nitriles is 1. The van der Waals surface area contributed by atoms with E-state index >= 15 is 0 Å². The Balaban J connectivity index is 2.27. The van der Waals surface area contributed by atoms with Gasteiger partial charge in [0.05, 0.1) is 17.6 Å². The minimum Gasteiger partial charge on any atom is -0.345 e. The Hall–Kier alpha value is -2.60. The number of hydrogen-bond acceptors (Lipinski definition) is 2. The number of benzene rings is 1. The fourth-order valence-corrected chi connectivity index (χ4v) is 2.96. The van der Waals surface area contributed by atoms with Gasteiger partial charge in [-0.2, -0.15) is 18.4 Å². The molecule has 0 bridgehead atoms. The van der Waals surface area contributed by atoms with Gasteiger partial charge in [0, 0.05) is 24.9 Å². The lowest BCUT2D eigenvalue weighted by Crippen LogP contribution is -2.29. The van der Waals surface area contributed by atoms with Crippen LogP contribution in [0.2, 0.25) is 0 Å². The molecule has 0 amide bonds. The standard InChI is InChI=1S/C17H14F3N3/c1-2-23-15-10-12(17(18,19)20)6-7-13(15)14(11-21)16(23)22-8-4-3-5-9-22/h6-7,10H,2,4,8-9H2,1H3. The van der Waals surface area contributed by atoms with Crippen LogP contribution in [0.5, 0.6) is 0 Å². The van der Waals surface area contributed by atoms with Crippen molar-refractivity contribution in [2.75, 3.05) is 18.0 Å². The van der Waals surface area contributed by atoms with Crippen LogP contribution in [0.3, 0.4) is 0 Å². The van der Waals surface area contributed by atoms with Gasteiger partial charge in [0.1, 0.15) is 17.5 Å². The Morgan fingerprint density at radius 3 is 2.65 bits per heavy atom. The number of halogens is 3. The van der Waals surface area contributed by atoms with Gasteiger partial charge in [0.25, 0.3) is 0 Å². The Morgan fingerprint density at radius 2 is 2.09 bits per heavy atom. The lowest BCUT2D eigenvalue weighted by molar-refractivity contribution is -0.137. The molecule has 1 aliphatic rings. The summed E-state index contributed by atoms with van der Waals surface area (Å²) in [5.41, 5.74) is 0.151. The van der Waals surface area contributed by atoms with E-state index in [0.717, 1.165) is 12.1 Å². The van der Waals surface area contributed by atoms with Crippen LogP contribution in [0.25, 0.3) is 10.9 Å². The van der Waals surface area contributed by atoms with Crippen molar-refractivity contribution in [3.63, 3.8) is 0 Å². The first-order valence-corrected chi connectivity index (χ1v) is 7.31. The maximum Gasteiger partial charge on any atom is 0.416 e. The molecule has 3 rings (SSSR count). The number of alkyl halides is 3. The molecule has 2 heterocycles. The molecule has 1 aromatic carbocycles. The lowest BCUT2D eigenvalue weighted by atomic mass is 10.1. The second-order valence-corrected chi connectivity index (χ2v) is 5.31. The molecule has 1 aliphatic heterocycles. The number of aromatic nitrogens is 1. The van der Waals surface area contributed by atoms with Crippen LogP contribution in [-0.4, -0.2) is 17.7 Å². The molecule has 6 heteroatoms. The highest BCUT2D eigenvalue weighted by Crippen LogP contribution is 2.37. The van der Waals surface area contributed by atoms with Crippen molar-refractivity contribution in [2.24, 2.45) is 0 Å². The van der Waals surface area contributed by atoms with Gasteiger partial charge in [-0.1, -0.05) is 17.9 Å². The quantitative estimate of drug-likeness (QED) is 0.790. The van der Waals surface area contributed by atoms with E-state index in [1.165, 1.54) is 6.07 Å². The molecule has 0 aliphatic carbocycles. The largest absolute Gasteiger partial charge is 0.416 e. The molecule has 3 nitrogen and oxygen atoms in total. The van der Waals surface area contributed by atoms with E-state index in [-0.39, 0.29) is 0 Å². The second-order valence-electron chi connectivity index (χ2n) is 5.31. The van der Waals surface area contributed by atoms with E-state index in [1.54, 1.807) is 4.57 Å². The summed E-state index contributed by atoms with van der Waals surface area (Å²) in [4.78, 5) is 1.96. The molecule has 0 spiro atoms. The molecule has 23 heavy (non-hydrogen) atoms. The fourth-order valence-electron chi connectivity index (χ4n) is 2.96. The third-order valence-corrected chi connectivity index (χ3v) is 3.99. The van der Waals surface area contributed by atoms with E-state index in [9.17, 15) is 18.4 Å². The highest BCUT2D eigenvalue weighted by molar-refractivity contribution is 5.93. The molecule has 0 fully saturated rings. The van der Waals surface area contributed by atoms with Crippen molar-refractivity contribution in [1.29, 1.82) is 5.26 Å². The maximum absolute atomic E-state index is 13.0. The highest BCUT2D eigenvalue weighted by Gasteiger charge is 2.32. The molecule has 118 valence electrons. The van der Waals surface area contributed by atoms with Gasteiger partial charge in [-0.3, -0.25) is 0 Å². The van der Waals surface area contributed by atoms with Gasteiger partial charge in [0.2, 0.25) is 0 Å². The minimum atomic E-state index is -4.40. The monoisotopic (exact) mass is 317 g/mol. The number of aryl methyl sites for hydroxylation is 1. The molecule has 0 saturated heterocycles. The van der Waals surface area contributed by atoms with Crippen LogP contribution in [0, 0.1) is 23.2 Å². The number of rotatable bonds is 2. The minimum absolute atomic E-state index is 0.416. The summed E-state index contributed by atoms with van der Waals surface area (Å²) in [7, 11) is 0. The molecule has 0 radical (unpaired) electrons. The van der Waals surface area contributed by atoms with Crippen molar-refractivity contribution in [3.8, 4) is 17.9 Å². The average Bonchev–Trinajstić information content (AvgIpc) is 2.87. The van der Waals surface area contributed by atoms with Gasteiger partial charge in [0.15, 0.2) is 0 Å². The summed E-state index contributed by atoms with van der Waals surface area (Å²) in [5.74, 6) is 6.64. The zero-order chi connectivity index (χ0) is 16.6. The van der Waals surface area contributed by atoms with Crippen molar-refractivity contribution >= 4 is 16.7 Å². The predicted octanol–water partition coefficient (Wildman–Crippen LogP) is 3.77. The zero-order valence-electron chi connectivity index (χ0n) is 12.5. The highest BCUT2D eigenvalue weighted by atomic mass is 19.4. The van der Waals surface area contributed by atoms with E-state index in [1.807, 2.05) is 11.8 Å². The van der Waals surface area contributed by atoms with E-state index in [2.05, 4.69) is 17.9 Å². The summed E-state index contributed by atoms with van der Waals surface area (Å²) >= 11 is 0. The van der Waals surface area contributed by atoms with Gasteiger partial charge in [-0.25, -0.2) is 0 Å². The molecule has 0 saturated carbocycles. The first-order chi connectivity index (χ1) is 11.0. The molecule has 1 aromatic heterocycles. The topological polar surface area (TPSA) is 32.0 Å². The molecular formula is C17H14F3N3. The predicted molar refractivity (Wildman–Crippen MR) is 81.9 cm³/mol. The average molecular weight is 317 g/mol. The van der Waals surface area contributed by atoms with E-state index in [0.29, 0.717) is 48.3 Å². The lowest BCUT2D eigenvalue weighted by Gasteiger charge is -2.25. The first kappa shape index (κ1) is 15.3. The van der Waals surface area contributed by atoms with Crippen LogP contribution in [-0.2, 0) is 12.7 Å². The van der Waals surface area contributed by atoms with Gasteiger partial charge in [-0.15, -0.1) is 0 Å². The van der Waals surface area contributed by atoms with E-state index in [4.69, 9.17) is 0 Å². The van der Waals surface area contributed by atoms with Gasteiger partial charge in [-0.05, 0) is 19.1 Å². The van der Waals surface area contributed by atoms with Crippen molar-refractivity contribution in [1.82, 2.24) is 4.57 Å². The van der Waals surface area contributed by atoms with Crippen LogP contribution < -0.4 is 4.90 Å². The molecule has 0 atom stereocenters. The molecule has 2 aromatic rings. The van der Waals surface area contributed by atoms with Crippen molar-refractivity contribution in [3.05, 3.63) is 29.3 Å². The summed E-state index contributed by atoms with van der Waals surface area (Å²) in [5, 5.41) is 10.1. The SMILES string of the molecule is CCn1c(N2CC#CCC2)c(C#N)c2ccc(C(F)(F)F)cc21. The Bertz CT molecular complexity index is 860. The van der Waals surface area contributed by atoms with Crippen LogP contribution in [0.1, 0.15) is 24.5 Å². The number of hydrogen-bond donors (Lipinski definition) is 0. The van der Waals surface area contributed by atoms with Crippen LogP contribution in [0.4, 0.5) is 19.0 Å². The van der Waals surface area contributed by atoms with Crippen LogP contribution in [0.15, 0.2) is 18.2 Å². The van der Waals surface area contributed by atoms with E-state index < -0.39 is 11.7 Å². The van der Waals surface area contributed by atoms with Gasteiger partial charge < -0.3 is 9.47 Å². The zero-order valence-corrected chi connectivity index (χ0v) is 12.5. The molecule has 0 unspecified atom stereocenters. The number of fused-ring (bicyclic) bond motifs is 1. The maximum atomic E-state index is 13.0. The Morgan fingerprint density at radius 1 is 1.30 bits per heavy atom. The third kappa shape index (κ3) is 2.51. The first-order valence-electron chi connectivity index (χ1n) is 7.31. The summed E-state index contributed by atoms with van der Waals surface area (Å²) in [6.45, 7) is 3.50. The normalized spacial score (nSPS) is 14.5. The van der Waals surface area contributed by atoms with Crippen molar-refractivity contribution < 1.29 is 13.2 Å². The molecule has 0 N–H and O–H groups in total. The van der Waals surface area contributed by atoms with Crippen molar-refractivity contribution in [2.45, 2.75) is 26.1 Å². The summed E-state index contributed by atoms with van der Waals surface area (Å²) in [6, 6.07) is 5.70. The summed E-state index contributed by atoms with van der Waals surface area (Å²) in [6.07, 6.45) is -3.72.